The second kappa shape index (κ2) is 10.4. The monoisotopic (exact) mass is 574 g/mol. The van der Waals surface area contributed by atoms with Crippen molar-refractivity contribution in [1.29, 1.82) is 0 Å². The van der Waals surface area contributed by atoms with Crippen LogP contribution in [-0.4, -0.2) is 6.71 Å². The van der Waals surface area contributed by atoms with Crippen molar-refractivity contribution in [3.63, 3.8) is 0 Å². The normalized spacial score (nSPS) is 12.3. The van der Waals surface area contributed by atoms with Gasteiger partial charge in [0.15, 0.2) is 0 Å². The fraction of sp³-hybridized carbons (Fsp3) is 0. The van der Waals surface area contributed by atoms with Crippen molar-refractivity contribution in [2.24, 2.45) is 0 Å². The fourth-order valence-electron chi connectivity index (χ4n) is 6.83. The first-order chi connectivity index (χ1) is 22.3. The minimum Gasteiger partial charge on any atom is -0.458 e. The van der Waals surface area contributed by atoms with Gasteiger partial charge < -0.3 is 9.47 Å². The second-order valence-corrected chi connectivity index (χ2v) is 11.7. The van der Waals surface area contributed by atoms with Gasteiger partial charge in [0.25, 0.3) is 6.71 Å². The molecule has 0 N–H and O–H groups in total. The molecule has 210 valence electrons. The van der Waals surface area contributed by atoms with Crippen LogP contribution in [0.3, 0.4) is 0 Å². The lowest BCUT2D eigenvalue weighted by Gasteiger charge is -2.33. The van der Waals surface area contributed by atoms with Gasteiger partial charge in [-0.3, -0.25) is 0 Å². The molecular formula is C42H27BO2. The van der Waals surface area contributed by atoms with Crippen LogP contribution in [-0.2, 0) is 0 Å². The van der Waals surface area contributed by atoms with Crippen molar-refractivity contribution >= 4 is 23.1 Å². The maximum absolute atomic E-state index is 6.43. The molecule has 2 aliphatic rings. The summed E-state index contributed by atoms with van der Waals surface area (Å²) in [5.74, 6) is 3.53. The molecule has 45 heavy (non-hydrogen) atoms. The number of rotatable bonds is 4. The number of ether oxygens (including phenoxy) is 2. The zero-order valence-corrected chi connectivity index (χ0v) is 24.5. The summed E-state index contributed by atoms with van der Waals surface area (Å²) in [6.45, 7) is 0.0522. The van der Waals surface area contributed by atoms with E-state index in [1.807, 2.05) is 24.3 Å². The number of hydrogen-bond acceptors (Lipinski definition) is 2. The van der Waals surface area contributed by atoms with Crippen LogP contribution in [0.4, 0.5) is 0 Å². The third-order valence-corrected chi connectivity index (χ3v) is 9.00. The Morgan fingerprint density at radius 1 is 0.289 bits per heavy atom. The summed E-state index contributed by atoms with van der Waals surface area (Å²) in [5.41, 5.74) is 13.0. The highest BCUT2D eigenvalue weighted by Crippen LogP contribution is 2.36. The van der Waals surface area contributed by atoms with Crippen molar-refractivity contribution in [1.82, 2.24) is 0 Å². The Morgan fingerprint density at radius 2 is 0.711 bits per heavy atom. The van der Waals surface area contributed by atoms with E-state index < -0.39 is 0 Å². The van der Waals surface area contributed by atoms with Crippen LogP contribution >= 0.6 is 0 Å². The highest BCUT2D eigenvalue weighted by molar-refractivity contribution is 6.98. The van der Waals surface area contributed by atoms with E-state index in [-0.39, 0.29) is 6.71 Å². The van der Waals surface area contributed by atoms with Crippen LogP contribution in [0.15, 0.2) is 164 Å². The van der Waals surface area contributed by atoms with Gasteiger partial charge >= 0.3 is 0 Å². The lowest BCUT2D eigenvalue weighted by Crippen LogP contribution is -2.57. The van der Waals surface area contributed by atoms with Gasteiger partial charge in [0.1, 0.15) is 23.0 Å². The molecule has 7 aromatic carbocycles. The van der Waals surface area contributed by atoms with E-state index in [0.717, 1.165) is 39.5 Å². The van der Waals surface area contributed by atoms with Crippen LogP contribution < -0.4 is 25.9 Å². The highest BCUT2D eigenvalue weighted by atomic mass is 16.5. The molecule has 9 rings (SSSR count). The molecule has 0 aromatic heterocycles. The third kappa shape index (κ3) is 4.44. The lowest BCUT2D eigenvalue weighted by molar-refractivity contribution is 0.464. The lowest BCUT2D eigenvalue weighted by atomic mass is 9.35. The van der Waals surface area contributed by atoms with Gasteiger partial charge in [0.05, 0.1) is 0 Å². The van der Waals surface area contributed by atoms with Gasteiger partial charge in [0, 0.05) is 5.46 Å². The summed E-state index contributed by atoms with van der Waals surface area (Å²) in [4.78, 5) is 0. The first-order valence-electron chi connectivity index (χ1n) is 15.4. The molecule has 0 amide bonds. The van der Waals surface area contributed by atoms with Crippen molar-refractivity contribution < 1.29 is 9.47 Å². The molecule has 0 aliphatic carbocycles. The molecule has 0 radical (unpaired) electrons. The first-order valence-corrected chi connectivity index (χ1v) is 15.4. The molecule has 0 bridgehead atoms. The molecule has 0 unspecified atom stereocenters. The van der Waals surface area contributed by atoms with E-state index in [0.29, 0.717) is 0 Å². The van der Waals surface area contributed by atoms with E-state index in [1.54, 1.807) is 0 Å². The maximum Gasteiger partial charge on any atom is 0.260 e. The van der Waals surface area contributed by atoms with Crippen molar-refractivity contribution in [3.05, 3.63) is 164 Å². The molecule has 0 saturated carbocycles. The molecule has 3 heteroatoms. The second-order valence-electron chi connectivity index (χ2n) is 11.7. The van der Waals surface area contributed by atoms with Gasteiger partial charge in [-0.1, -0.05) is 121 Å². The maximum atomic E-state index is 6.43. The van der Waals surface area contributed by atoms with E-state index in [1.165, 1.54) is 44.4 Å². The van der Waals surface area contributed by atoms with Crippen molar-refractivity contribution in [2.45, 2.75) is 0 Å². The molecule has 2 nitrogen and oxygen atoms in total. The van der Waals surface area contributed by atoms with Crippen molar-refractivity contribution in [2.75, 3.05) is 0 Å². The molecule has 0 saturated heterocycles. The summed E-state index contributed by atoms with van der Waals surface area (Å²) in [6, 6.07) is 58.0. The minimum atomic E-state index is 0.0522. The number of hydrogen-bond donors (Lipinski definition) is 0. The van der Waals surface area contributed by atoms with Crippen LogP contribution in [0.25, 0.3) is 44.5 Å². The smallest absolute Gasteiger partial charge is 0.260 e. The largest absolute Gasteiger partial charge is 0.458 e. The van der Waals surface area contributed by atoms with Crippen LogP contribution in [0.5, 0.6) is 23.0 Å². The average Bonchev–Trinajstić information content (AvgIpc) is 3.12. The van der Waals surface area contributed by atoms with E-state index in [9.17, 15) is 0 Å². The summed E-state index contributed by atoms with van der Waals surface area (Å²) in [7, 11) is 0. The Hall–Kier alpha value is -5.80. The Kier molecular flexibility index (Phi) is 5.95. The standard InChI is InChI=1S/C42H27BO2/c1-2-10-28(11-3-1)29-12-6-13-30(24-29)31-14-7-15-32(25-31)33-16-8-17-34(26-33)35-22-23-39-37(27-35)43-36-18-4-5-19-38(36)44-40-20-9-21-41(45-39)42(40)43/h1-27H. The van der Waals surface area contributed by atoms with Crippen LogP contribution in [0, 0.1) is 0 Å². The number of para-hydroxylation sites is 1. The quantitative estimate of drug-likeness (QED) is 0.195. The van der Waals surface area contributed by atoms with Crippen LogP contribution in [0.2, 0.25) is 0 Å². The van der Waals surface area contributed by atoms with Gasteiger partial charge in [-0.05, 0) is 97.9 Å². The predicted octanol–water partition coefficient (Wildman–Crippen LogP) is 9.08. The zero-order chi connectivity index (χ0) is 29.7. The Labute approximate surface area is 263 Å². The Morgan fingerprint density at radius 3 is 1.31 bits per heavy atom. The van der Waals surface area contributed by atoms with E-state index in [4.69, 9.17) is 9.47 Å². The topological polar surface area (TPSA) is 18.5 Å². The van der Waals surface area contributed by atoms with Gasteiger partial charge in [-0.2, -0.15) is 0 Å². The molecule has 0 fully saturated rings. The van der Waals surface area contributed by atoms with Gasteiger partial charge in [-0.25, -0.2) is 0 Å². The molecule has 2 aliphatic heterocycles. The number of fused-ring (bicyclic) bond motifs is 4. The fourth-order valence-corrected chi connectivity index (χ4v) is 6.83. The molecular weight excluding hydrogens is 547 g/mol. The summed E-state index contributed by atoms with van der Waals surface area (Å²) in [6.07, 6.45) is 0. The minimum absolute atomic E-state index is 0.0522. The predicted molar refractivity (Wildman–Crippen MR) is 186 cm³/mol. The summed E-state index contributed by atoms with van der Waals surface area (Å²) in [5, 5.41) is 0. The SMILES string of the molecule is c1ccc(-c2cccc(-c3cccc(-c4cccc(-c5ccc6c(c5)B5c7ccccc7Oc7cccc(c75)O6)c4)c3)c2)cc1. The first kappa shape index (κ1) is 25.7. The van der Waals surface area contributed by atoms with Gasteiger partial charge in [0.2, 0.25) is 0 Å². The van der Waals surface area contributed by atoms with Gasteiger partial charge in [-0.15, -0.1) is 0 Å². The molecule has 0 atom stereocenters. The Bertz CT molecular complexity index is 2220. The molecule has 7 aromatic rings. The highest BCUT2D eigenvalue weighted by Gasteiger charge is 2.39. The Balaban J connectivity index is 1.09. The zero-order valence-electron chi connectivity index (χ0n) is 24.5. The van der Waals surface area contributed by atoms with Crippen molar-refractivity contribution in [3.8, 4) is 67.5 Å². The number of benzene rings is 7. The van der Waals surface area contributed by atoms with Crippen LogP contribution in [0.1, 0.15) is 0 Å². The summed E-state index contributed by atoms with van der Waals surface area (Å²) < 4.78 is 12.7. The average molecular weight is 574 g/mol. The van der Waals surface area contributed by atoms with E-state index >= 15 is 0 Å². The van der Waals surface area contributed by atoms with E-state index in [2.05, 4.69) is 140 Å². The third-order valence-electron chi connectivity index (χ3n) is 9.00. The molecule has 2 heterocycles. The summed E-state index contributed by atoms with van der Waals surface area (Å²) >= 11 is 0. The molecule has 0 spiro atoms.